The number of rotatable bonds is 2. The fraction of sp³-hybridized carbons (Fsp3) is 0.889. The average Bonchev–Trinajstić information content (AvgIpc) is 3.19. The van der Waals surface area contributed by atoms with Crippen molar-refractivity contribution in [2.45, 2.75) is 45.3 Å². The van der Waals surface area contributed by atoms with Crippen LogP contribution in [0.3, 0.4) is 0 Å². The summed E-state index contributed by atoms with van der Waals surface area (Å²) in [6, 6.07) is 0.285. The molecule has 3 saturated heterocycles. The molecule has 0 radical (unpaired) electrons. The first kappa shape index (κ1) is 20.4. The predicted molar refractivity (Wildman–Crippen MR) is 101 cm³/mol. The molecule has 0 spiro atoms. The normalized spacial score (nSPS) is 29.1. The molecule has 0 bridgehead atoms. The van der Waals surface area contributed by atoms with Crippen LogP contribution in [0.25, 0.3) is 0 Å². The first-order chi connectivity index (χ1) is 12.5. The third-order valence-corrected chi connectivity index (χ3v) is 7.31. The van der Waals surface area contributed by atoms with E-state index in [0.29, 0.717) is 32.6 Å². The third kappa shape index (κ3) is 5.13. The van der Waals surface area contributed by atoms with Crippen LogP contribution >= 0.6 is 0 Å². The Balaban J connectivity index is 1.46. The lowest BCUT2D eigenvalue weighted by Crippen LogP contribution is -2.53. The summed E-state index contributed by atoms with van der Waals surface area (Å²) < 4.78 is 28.7. The molecule has 154 valence electrons. The van der Waals surface area contributed by atoms with Crippen LogP contribution in [-0.2, 0) is 19.4 Å². The van der Waals surface area contributed by atoms with Crippen LogP contribution in [0.4, 0.5) is 4.79 Å². The molecule has 3 fully saturated rings. The first-order valence-electron chi connectivity index (χ1n) is 9.75. The minimum Gasteiger partial charge on any atom is -0.444 e. The van der Waals surface area contributed by atoms with Crippen molar-refractivity contribution in [2.75, 3.05) is 50.8 Å². The van der Waals surface area contributed by atoms with Crippen molar-refractivity contribution in [3.63, 3.8) is 0 Å². The zero-order valence-corrected chi connectivity index (χ0v) is 17.3. The predicted octanol–water partition coefficient (Wildman–Crippen LogP) is 0.575. The maximum Gasteiger partial charge on any atom is 0.410 e. The van der Waals surface area contributed by atoms with Crippen LogP contribution in [-0.4, -0.2) is 97.5 Å². The number of carbonyl (C=O) groups is 2. The largest absolute Gasteiger partial charge is 0.444 e. The van der Waals surface area contributed by atoms with E-state index in [2.05, 4.69) is 4.90 Å². The first-order valence-corrected chi connectivity index (χ1v) is 11.6. The van der Waals surface area contributed by atoms with Gasteiger partial charge in [0.1, 0.15) is 5.60 Å². The maximum atomic E-state index is 12.6. The van der Waals surface area contributed by atoms with E-state index in [0.717, 1.165) is 19.5 Å². The molecule has 8 nitrogen and oxygen atoms in total. The molecule has 3 rings (SSSR count). The molecule has 3 aliphatic rings. The van der Waals surface area contributed by atoms with Crippen LogP contribution in [0, 0.1) is 5.92 Å². The summed E-state index contributed by atoms with van der Waals surface area (Å²) in [5.74, 6) is -0.238. The summed E-state index contributed by atoms with van der Waals surface area (Å²) in [6.45, 7) is 9.71. The molecule has 3 aliphatic heterocycles. The van der Waals surface area contributed by atoms with E-state index in [1.807, 2.05) is 25.7 Å². The topological polar surface area (TPSA) is 87.2 Å². The molecule has 27 heavy (non-hydrogen) atoms. The highest BCUT2D eigenvalue weighted by Crippen LogP contribution is 2.25. The maximum absolute atomic E-state index is 12.6. The summed E-state index contributed by atoms with van der Waals surface area (Å²) in [5, 5.41) is 0. The van der Waals surface area contributed by atoms with Crippen LogP contribution in [0.1, 0.15) is 33.6 Å². The van der Waals surface area contributed by atoms with Gasteiger partial charge >= 0.3 is 6.09 Å². The molecule has 0 aromatic heterocycles. The van der Waals surface area contributed by atoms with Gasteiger partial charge in [0.2, 0.25) is 5.91 Å². The van der Waals surface area contributed by atoms with Crippen molar-refractivity contribution >= 4 is 21.8 Å². The lowest BCUT2D eigenvalue weighted by Gasteiger charge is -2.38. The smallest absolute Gasteiger partial charge is 0.410 e. The Kier molecular flexibility index (Phi) is 5.72. The average molecular weight is 402 g/mol. The van der Waals surface area contributed by atoms with Gasteiger partial charge in [-0.2, -0.15) is 0 Å². The van der Waals surface area contributed by atoms with Gasteiger partial charge in [0.05, 0.1) is 17.4 Å². The second-order valence-electron chi connectivity index (χ2n) is 8.83. The molecule has 2 atom stereocenters. The molecule has 9 heteroatoms. The number of hydrogen-bond donors (Lipinski definition) is 0. The summed E-state index contributed by atoms with van der Waals surface area (Å²) in [6.07, 6.45) is 1.09. The van der Waals surface area contributed by atoms with Crippen molar-refractivity contribution in [3.05, 3.63) is 0 Å². The Morgan fingerprint density at radius 2 is 1.63 bits per heavy atom. The molecular weight excluding hydrogens is 370 g/mol. The fourth-order valence-electron chi connectivity index (χ4n) is 4.08. The summed E-state index contributed by atoms with van der Waals surface area (Å²) >= 11 is 0. The van der Waals surface area contributed by atoms with Gasteiger partial charge < -0.3 is 14.5 Å². The van der Waals surface area contributed by atoms with Gasteiger partial charge in [-0.3, -0.25) is 9.69 Å². The van der Waals surface area contributed by atoms with Crippen LogP contribution in [0.2, 0.25) is 0 Å². The van der Waals surface area contributed by atoms with Crippen molar-refractivity contribution in [3.8, 4) is 0 Å². The summed E-state index contributed by atoms with van der Waals surface area (Å²) in [5.41, 5.74) is -0.492. The van der Waals surface area contributed by atoms with Gasteiger partial charge in [0.25, 0.3) is 0 Å². The van der Waals surface area contributed by atoms with Crippen molar-refractivity contribution in [2.24, 2.45) is 5.92 Å². The SMILES string of the molecule is CC(C)(C)OC(=O)N1CCN([C@@H]2CCN(C(=O)[C@@H]3CCS(=O)(=O)C3)C2)CC1. The fourth-order valence-corrected chi connectivity index (χ4v) is 5.82. The lowest BCUT2D eigenvalue weighted by atomic mass is 10.1. The van der Waals surface area contributed by atoms with E-state index in [-0.39, 0.29) is 35.5 Å². The van der Waals surface area contributed by atoms with E-state index >= 15 is 0 Å². The minimum atomic E-state index is -3.04. The number of carbonyl (C=O) groups excluding carboxylic acids is 2. The summed E-state index contributed by atoms with van der Waals surface area (Å²) in [4.78, 5) is 30.7. The monoisotopic (exact) mass is 401 g/mol. The van der Waals surface area contributed by atoms with Gasteiger partial charge in [0.15, 0.2) is 9.84 Å². The van der Waals surface area contributed by atoms with Gasteiger partial charge in [-0.05, 0) is 33.6 Å². The highest BCUT2D eigenvalue weighted by atomic mass is 32.2. The second-order valence-corrected chi connectivity index (χ2v) is 11.1. The van der Waals surface area contributed by atoms with E-state index in [9.17, 15) is 18.0 Å². The van der Waals surface area contributed by atoms with E-state index < -0.39 is 15.4 Å². The number of sulfone groups is 1. The molecule has 3 heterocycles. The molecule has 0 N–H and O–H groups in total. The minimum absolute atomic E-state index is 0.00155. The van der Waals surface area contributed by atoms with Crippen LogP contribution < -0.4 is 0 Å². The Bertz CT molecular complexity index is 680. The number of ether oxygens (including phenoxy) is 1. The number of hydrogen-bond acceptors (Lipinski definition) is 6. The van der Waals surface area contributed by atoms with Crippen molar-refractivity contribution in [1.29, 1.82) is 0 Å². The quantitative estimate of drug-likeness (QED) is 0.673. The van der Waals surface area contributed by atoms with Gasteiger partial charge in [-0.25, -0.2) is 13.2 Å². The Morgan fingerprint density at radius 3 is 2.19 bits per heavy atom. The number of likely N-dealkylation sites (tertiary alicyclic amines) is 1. The molecule has 0 saturated carbocycles. The Morgan fingerprint density at radius 1 is 0.963 bits per heavy atom. The van der Waals surface area contributed by atoms with E-state index in [4.69, 9.17) is 4.74 Å². The molecule has 0 unspecified atom stereocenters. The highest BCUT2D eigenvalue weighted by molar-refractivity contribution is 7.91. The van der Waals surface area contributed by atoms with E-state index in [1.54, 1.807) is 4.90 Å². The van der Waals surface area contributed by atoms with Crippen molar-refractivity contribution in [1.82, 2.24) is 14.7 Å². The molecule has 0 aromatic carbocycles. The van der Waals surface area contributed by atoms with Gasteiger partial charge in [-0.1, -0.05) is 0 Å². The van der Waals surface area contributed by atoms with Crippen molar-refractivity contribution < 1.29 is 22.7 Å². The molecule has 0 aliphatic carbocycles. The Labute approximate surface area is 161 Å². The standard InChI is InChI=1S/C18H31N3O5S/c1-18(2,3)26-17(23)20-9-7-19(8-10-20)15-4-6-21(12-15)16(22)14-5-11-27(24,25)13-14/h14-15H,4-13H2,1-3H3/t14-,15-/m1/s1. The molecule has 2 amide bonds. The van der Waals surface area contributed by atoms with Crippen LogP contribution in [0.15, 0.2) is 0 Å². The number of amides is 2. The van der Waals surface area contributed by atoms with Gasteiger partial charge in [0, 0.05) is 45.3 Å². The lowest BCUT2D eigenvalue weighted by molar-refractivity contribution is -0.133. The Hall–Kier alpha value is -1.35. The molecular formula is C18H31N3O5S. The zero-order valence-electron chi connectivity index (χ0n) is 16.5. The molecule has 0 aromatic rings. The van der Waals surface area contributed by atoms with Crippen LogP contribution in [0.5, 0.6) is 0 Å². The number of nitrogens with zero attached hydrogens (tertiary/aromatic N) is 3. The number of piperazine rings is 1. The van der Waals surface area contributed by atoms with Gasteiger partial charge in [-0.15, -0.1) is 0 Å². The second kappa shape index (κ2) is 7.58. The van der Waals surface area contributed by atoms with E-state index in [1.165, 1.54) is 0 Å². The highest BCUT2D eigenvalue weighted by Gasteiger charge is 2.39. The zero-order chi connectivity index (χ0) is 19.8. The summed E-state index contributed by atoms with van der Waals surface area (Å²) in [7, 11) is -3.04. The third-order valence-electron chi connectivity index (χ3n) is 5.54.